The number of piperazine rings is 1. The van der Waals surface area contributed by atoms with Crippen LogP contribution in [0.1, 0.15) is 38.7 Å². The van der Waals surface area contributed by atoms with Crippen molar-refractivity contribution in [3.05, 3.63) is 29.8 Å². The van der Waals surface area contributed by atoms with E-state index in [2.05, 4.69) is 52.6 Å². The fourth-order valence-electron chi connectivity index (χ4n) is 4.10. The topological polar surface area (TPSA) is 72.0 Å². The number of fused-ring (bicyclic) bond motifs is 1. The van der Waals surface area contributed by atoms with E-state index < -0.39 is 0 Å². The average Bonchev–Trinajstić information content (AvgIpc) is 2.75. The number of amides is 1. The Morgan fingerprint density at radius 2 is 1.97 bits per heavy atom. The number of carbonyl (C=O) groups excluding carboxylic acids is 1. The quantitative estimate of drug-likeness (QED) is 0.480. The van der Waals surface area contributed by atoms with Crippen LogP contribution in [0.15, 0.2) is 29.3 Å². The first kappa shape index (κ1) is 21.6. The highest BCUT2D eigenvalue weighted by Crippen LogP contribution is 2.31. The van der Waals surface area contributed by atoms with Gasteiger partial charge in [0.15, 0.2) is 5.96 Å². The molecule has 1 saturated heterocycles. The Kier molecular flexibility index (Phi) is 7.89. The van der Waals surface area contributed by atoms with Gasteiger partial charge in [-0.1, -0.05) is 25.1 Å². The Morgan fingerprint density at radius 3 is 2.69 bits per heavy atom. The molecule has 0 saturated carbocycles. The summed E-state index contributed by atoms with van der Waals surface area (Å²) in [6, 6.07) is 8.48. The van der Waals surface area contributed by atoms with Gasteiger partial charge in [0.25, 0.3) is 0 Å². The molecule has 1 aromatic carbocycles. The van der Waals surface area contributed by atoms with Gasteiger partial charge in [0.05, 0.1) is 6.54 Å². The first-order chi connectivity index (χ1) is 14.1. The van der Waals surface area contributed by atoms with Gasteiger partial charge in [0.2, 0.25) is 5.91 Å². The van der Waals surface area contributed by atoms with Crippen molar-refractivity contribution in [2.75, 3.05) is 57.7 Å². The number of benzene rings is 1. The minimum Gasteiger partial charge on any atom is -0.357 e. The smallest absolute Gasteiger partial charge is 0.225 e. The Hall–Kier alpha value is -2.12. The van der Waals surface area contributed by atoms with Gasteiger partial charge in [0.1, 0.15) is 0 Å². The molecule has 0 radical (unpaired) electrons. The lowest BCUT2D eigenvalue weighted by molar-refractivity contribution is -0.116. The van der Waals surface area contributed by atoms with Crippen molar-refractivity contribution >= 4 is 17.6 Å². The maximum atomic E-state index is 12.0. The third-order valence-corrected chi connectivity index (χ3v) is 5.96. The molecule has 2 aliphatic rings. The van der Waals surface area contributed by atoms with Crippen LogP contribution in [0.3, 0.4) is 0 Å². The first-order valence-corrected chi connectivity index (χ1v) is 11.0. The summed E-state index contributed by atoms with van der Waals surface area (Å²) in [4.78, 5) is 21.9. The molecule has 0 bridgehead atoms. The van der Waals surface area contributed by atoms with Crippen molar-refractivity contribution in [1.82, 2.24) is 20.4 Å². The zero-order valence-electron chi connectivity index (χ0n) is 18.1. The minimum absolute atomic E-state index is 0.0808. The summed E-state index contributed by atoms with van der Waals surface area (Å²) in [6.07, 6.45) is 0.502. The van der Waals surface area contributed by atoms with E-state index in [1.165, 1.54) is 5.56 Å². The summed E-state index contributed by atoms with van der Waals surface area (Å²) in [7, 11) is 0. The zero-order chi connectivity index (χ0) is 20.6. The van der Waals surface area contributed by atoms with Crippen LogP contribution in [0.2, 0.25) is 0 Å². The van der Waals surface area contributed by atoms with Crippen molar-refractivity contribution in [1.29, 1.82) is 0 Å². The number of rotatable bonds is 7. The molecule has 0 spiro atoms. The Morgan fingerprint density at radius 1 is 1.21 bits per heavy atom. The molecule has 29 heavy (non-hydrogen) atoms. The molecule has 1 fully saturated rings. The number of likely N-dealkylation sites (N-methyl/N-ethyl adjacent to an activating group) is 1. The molecule has 0 aromatic heterocycles. The second-order valence-corrected chi connectivity index (χ2v) is 7.96. The van der Waals surface area contributed by atoms with E-state index in [9.17, 15) is 4.79 Å². The summed E-state index contributed by atoms with van der Waals surface area (Å²) in [5.41, 5.74) is 2.12. The van der Waals surface area contributed by atoms with E-state index in [1.54, 1.807) is 0 Å². The molecule has 3 N–H and O–H groups in total. The highest BCUT2D eigenvalue weighted by molar-refractivity contribution is 5.94. The number of para-hydroxylation sites is 1. The van der Waals surface area contributed by atoms with Gasteiger partial charge in [-0.25, -0.2) is 0 Å². The molecule has 2 atom stereocenters. The number of hydrogen-bond acceptors (Lipinski definition) is 4. The van der Waals surface area contributed by atoms with Gasteiger partial charge in [-0.2, -0.15) is 0 Å². The van der Waals surface area contributed by atoms with Crippen LogP contribution in [0.4, 0.5) is 5.69 Å². The minimum atomic E-state index is 0.0808. The van der Waals surface area contributed by atoms with E-state index in [0.29, 0.717) is 19.0 Å². The number of hydrogen-bond donors (Lipinski definition) is 3. The van der Waals surface area contributed by atoms with E-state index in [-0.39, 0.29) is 11.8 Å². The third kappa shape index (κ3) is 5.93. The van der Waals surface area contributed by atoms with Gasteiger partial charge in [-0.15, -0.1) is 0 Å². The van der Waals surface area contributed by atoms with Crippen LogP contribution >= 0.6 is 0 Å². The largest absolute Gasteiger partial charge is 0.357 e. The summed E-state index contributed by atoms with van der Waals surface area (Å²) in [5, 5.41) is 9.77. The van der Waals surface area contributed by atoms with E-state index in [1.807, 2.05) is 18.2 Å². The van der Waals surface area contributed by atoms with Crippen molar-refractivity contribution in [3.8, 4) is 0 Å². The molecule has 3 rings (SSSR count). The number of carbonyl (C=O) groups is 1. The number of guanidine groups is 1. The Bertz CT molecular complexity index is 698. The number of aliphatic imine (C=N–C) groups is 1. The molecule has 2 unspecified atom stereocenters. The summed E-state index contributed by atoms with van der Waals surface area (Å²) in [5.74, 6) is 1.07. The van der Waals surface area contributed by atoms with Crippen LogP contribution < -0.4 is 16.0 Å². The standard InChI is InChI=1S/C22H36N6O/c1-4-23-22(24-15-17(3)28-12-10-27(5-2)11-13-28)25-16-18-14-21(29)26-20-9-7-6-8-19(18)20/h6-9,17-18H,4-5,10-16H2,1-3H3,(H,26,29)(H2,23,24,25). The molecule has 2 aliphatic heterocycles. The lowest BCUT2D eigenvalue weighted by Gasteiger charge is -2.37. The normalized spacial score (nSPS) is 22.0. The number of anilines is 1. The predicted molar refractivity (Wildman–Crippen MR) is 120 cm³/mol. The Labute approximate surface area is 174 Å². The van der Waals surface area contributed by atoms with Gasteiger partial charge in [0, 0.05) is 63.3 Å². The van der Waals surface area contributed by atoms with E-state index in [4.69, 9.17) is 4.99 Å². The number of nitrogens with zero attached hydrogens (tertiary/aromatic N) is 3. The molecule has 2 heterocycles. The SMILES string of the molecule is CCNC(=NCC(C)N1CCN(CC)CC1)NCC1CC(=O)Nc2ccccc21. The lowest BCUT2D eigenvalue weighted by Crippen LogP contribution is -2.50. The summed E-state index contributed by atoms with van der Waals surface area (Å²) >= 11 is 0. The monoisotopic (exact) mass is 400 g/mol. The van der Waals surface area contributed by atoms with E-state index >= 15 is 0 Å². The second kappa shape index (κ2) is 10.6. The first-order valence-electron chi connectivity index (χ1n) is 11.0. The molecule has 0 aliphatic carbocycles. The maximum absolute atomic E-state index is 12.0. The highest BCUT2D eigenvalue weighted by atomic mass is 16.1. The van der Waals surface area contributed by atoms with Crippen LogP contribution in [-0.4, -0.2) is 80.1 Å². The third-order valence-electron chi connectivity index (χ3n) is 5.96. The molecule has 7 heteroatoms. The van der Waals surface area contributed by atoms with Gasteiger partial charge >= 0.3 is 0 Å². The van der Waals surface area contributed by atoms with E-state index in [0.717, 1.165) is 57.5 Å². The molecule has 1 amide bonds. The fraction of sp³-hybridized carbons (Fsp3) is 0.636. The maximum Gasteiger partial charge on any atom is 0.225 e. The lowest BCUT2D eigenvalue weighted by atomic mass is 9.90. The molecule has 7 nitrogen and oxygen atoms in total. The molecular weight excluding hydrogens is 364 g/mol. The molecular formula is C22H36N6O. The number of nitrogens with one attached hydrogen (secondary N) is 3. The van der Waals surface area contributed by atoms with Crippen molar-refractivity contribution in [2.24, 2.45) is 4.99 Å². The fourth-order valence-corrected chi connectivity index (χ4v) is 4.10. The van der Waals surface area contributed by atoms with Gasteiger partial charge in [-0.05, 0) is 32.0 Å². The summed E-state index contributed by atoms with van der Waals surface area (Å²) in [6.45, 7) is 14.5. The molecule has 1 aromatic rings. The zero-order valence-corrected chi connectivity index (χ0v) is 18.1. The predicted octanol–water partition coefficient (Wildman–Crippen LogP) is 1.69. The van der Waals surface area contributed by atoms with Crippen LogP contribution in [0, 0.1) is 0 Å². The van der Waals surface area contributed by atoms with Crippen LogP contribution in [-0.2, 0) is 4.79 Å². The van der Waals surface area contributed by atoms with Crippen molar-refractivity contribution in [2.45, 2.75) is 39.2 Å². The van der Waals surface area contributed by atoms with Gasteiger partial charge in [-0.3, -0.25) is 14.7 Å². The van der Waals surface area contributed by atoms with Crippen LogP contribution in [0.25, 0.3) is 0 Å². The Balaban J connectivity index is 1.55. The van der Waals surface area contributed by atoms with Crippen molar-refractivity contribution in [3.63, 3.8) is 0 Å². The second-order valence-electron chi connectivity index (χ2n) is 7.96. The molecule has 160 valence electrons. The summed E-state index contributed by atoms with van der Waals surface area (Å²) < 4.78 is 0. The van der Waals surface area contributed by atoms with Gasteiger partial charge < -0.3 is 20.9 Å². The average molecular weight is 401 g/mol. The van der Waals surface area contributed by atoms with Crippen molar-refractivity contribution < 1.29 is 4.79 Å². The van der Waals surface area contributed by atoms with Crippen LogP contribution in [0.5, 0.6) is 0 Å². The highest BCUT2D eigenvalue weighted by Gasteiger charge is 2.25.